The third-order valence-corrected chi connectivity index (χ3v) is 9.89. The highest BCUT2D eigenvalue weighted by Gasteiger charge is 2.24. The van der Waals surface area contributed by atoms with Gasteiger partial charge in [-0.3, -0.25) is 4.18 Å². The number of hydrogen-bond donors (Lipinski definition) is 2. The van der Waals surface area contributed by atoms with E-state index in [1.165, 1.54) is 34.0 Å². The molecule has 272 valence electrons. The number of nitrogens with two attached hydrogens (primary N) is 1. The monoisotopic (exact) mass is 790 g/mol. The Morgan fingerprint density at radius 1 is 0.720 bits per heavy atom. The zero-order valence-electron chi connectivity index (χ0n) is 26.5. The SMILES string of the molecule is CS(=O)(=O)OCC1COc2cscc2O1.NCC1COc2cscc2O1.OCC1COc2cscc2O1.[N-]=[N+]=NCC1COc2cscc2O1. The number of aliphatic hydroxyl groups is 1. The molecule has 0 fully saturated rings. The predicted octanol–water partition coefficient (Wildman–Crippen LogP) is 4.79. The van der Waals surface area contributed by atoms with Crippen molar-refractivity contribution in [2.45, 2.75) is 24.4 Å². The fourth-order valence-electron chi connectivity index (χ4n) is 4.15. The lowest BCUT2D eigenvalue weighted by atomic mass is 10.3. The molecule has 0 saturated heterocycles. The Hall–Kier alpha value is -3.66. The van der Waals surface area contributed by atoms with Crippen LogP contribution in [0.3, 0.4) is 0 Å². The smallest absolute Gasteiger partial charge is 0.264 e. The van der Waals surface area contributed by atoms with E-state index in [4.69, 9.17) is 54.3 Å². The van der Waals surface area contributed by atoms with E-state index in [0.29, 0.717) is 51.0 Å². The summed E-state index contributed by atoms with van der Waals surface area (Å²) < 4.78 is 69.3. The molecule has 4 unspecified atom stereocenters. The first-order valence-corrected chi connectivity index (χ1v) is 20.4. The van der Waals surface area contributed by atoms with Crippen molar-refractivity contribution in [2.24, 2.45) is 10.8 Å². The Morgan fingerprint density at radius 3 is 1.54 bits per heavy atom. The van der Waals surface area contributed by atoms with Gasteiger partial charge >= 0.3 is 0 Å². The second kappa shape index (κ2) is 18.5. The number of thiophene rings is 4. The fraction of sp³-hybridized carbons (Fsp3) is 0.448. The minimum atomic E-state index is -3.42. The van der Waals surface area contributed by atoms with E-state index in [2.05, 4.69) is 14.2 Å². The second-order valence-electron chi connectivity index (χ2n) is 10.4. The predicted molar refractivity (Wildman–Crippen MR) is 188 cm³/mol. The van der Waals surface area contributed by atoms with Gasteiger partial charge in [-0.05, 0) is 5.53 Å². The molecule has 0 saturated carbocycles. The van der Waals surface area contributed by atoms with Gasteiger partial charge in [0.05, 0.1) is 19.4 Å². The molecular weight excluding hydrogens is 757 g/mol. The van der Waals surface area contributed by atoms with Gasteiger partial charge in [-0.1, -0.05) is 5.11 Å². The van der Waals surface area contributed by atoms with Crippen LogP contribution in [0, 0.1) is 0 Å². The number of ether oxygens (including phenoxy) is 8. The topological polar surface area (TPSA) is 212 Å². The summed E-state index contributed by atoms with van der Waals surface area (Å²) in [4.78, 5) is 2.67. The summed E-state index contributed by atoms with van der Waals surface area (Å²) in [6, 6.07) is 0. The molecule has 3 N–H and O–H groups in total. The molecule has 16 nitrogen and oxygen atoms in total. The quantitative estimate of drug-likeness (QED) is 0.112. The normalized spacial score (nSPS) is 20.6. The Bertz CT molecular complexity index is 1730. The van der Waals surface area contributed by atoms with Crippen molar-refractivity contribution in [1.29, 1.82) is 0 Å². The van der Waals surface area contributed by atoms with Crippen LogP contribution in [0.2, 0.25) is 0 Å². The molecule has 21 heteroatoms. The van der Waals surface area contributed by atoms with Crippen LogP contribution in [0.25, 0.3) is 10.4 Å². The maximum absolute atomic E-state index is 10.8. The third-order valence-electron chi connectivity index (χ3n) is 6.53. The summed E-state index contributed by atoms with van der Waals surface area (Å²) >= 11 is 6.11. The van der Waals surface area contributed by atoms with Crippen LogP contribution in [0.15, 0.2) is 48.2 Å². The highest BCUT2D eigenvalue weighted by atomic mass is 32.2. The van der Waals surface area contributed by atoms with Crippen molar-refractivity contribution in [2.75, 3.05) is 59.0 Å². The summed E-state index contributed by atoms with van der Waals surface area (Å²) in [5.41, 5.74) is 13.5. The minimum Gasteiger partial charge on any atom is -0.485 e. The summed E-state index contributed by atoms with van der Waals surface area (Å²) in [6.45, 7) is 2.58. The first-order valence-electron chi connectivity index (χ1n) is 14.8. The molecule has 0 radical (unpaired) electrons. The van der Waals surface area contributed by atoms with Crippen LogP contribution in [0.5, 0.6) is 46.0 Å². The zero-order chi connectivity index (χ0) is 35.3. The van der Waals surface area contributed by atoms with Crippen LogP contribution >= 0.6 is 45.3 Å². The van der Waals surface area contributed by atoms with Crippen molar-refractivity contribution in [3.05, 3.63) is 53.5 Å². The number of azide groups is 1. The Kier molecular flexibility index (Phi) is 13.9. The van der Waals surface area contributed by atoms with Crippen molar-refractivity contribution in [3.63, 3.8) is 0 Å². The molecule has 0 amide bonds. The first kappa shape index (κ1) is 37.6. The van der Waals surface area contributed by atoms with Gasteiger partial charge < -0.3 is 48.7 Å². The molecule has 4 aliphatic heterocycles. The summed E-state index contributed by atoms with van der Waals surface area (Å²) in [6.07, 6.45) is 0.307. The molecule has 0 aromatic carbocycles. The zero-order valence-corrected chi connectivity index (χ0v) is 30.6. The standard InChI is InChI=1S/C8H10O5S2.C7H7N3O2S.C7H9NO2S.C7H8O3S/c1-15(9,10)12-3-6-2-11-7-4-14-5-8(7)13-6;8-10-9-1-5-2-11-6-3-13-4-7(6)12-5;2*8-1-5-2-9-6-3-11-4-7(6)10-5/h4-6H,2-3H2,1H3;3-5H,1-2H2;3-5H,1-2,8H2;3-5,8H,1-2H2. The number of aliphatic hydroxyl groups excluding tert-OH is 1. The van der Waals surface area contributed by atoms with Crippen molar-refractivity contribution >= 4 is 55.5 Å². The maximum Gasteiger partial charge on any atom is 0.264 e. The van der Waals surface area contributed by atoms with Gasteiger partial charge in [-0.25, -0.2) is 0 Å². The van der Waals surface area contributed by atoms with Crippen molar-refractivity contribution in [3.8, 4) is 46.0 Å². The molecule has 4 aliphatic rings. The summed E-state index contributed by atoms with van der Waals surface area (Å²) in [5, 5.41) is 27.2. The Labute approximate surface area is 303 Å². The lowest BCUT2D eigenvalue weighted by Gasteiger charge is -2.23. The van der Waals surface area contributed by atoms with Gasteiger partial charge in [0.15, 0.2) is 58.2 Å². The average molecular weight is 791 g/mol. The molecule has 4 atom stereocenters. The van der Waals surface area contributed by atoms with Crippen LogP contribution in [-0.2, 0) is 14.3 Å². The van der Waals surface area contributed by atoms with Gasteiger partial charge in [0.25, 0.3) is 10.1 Å². The van der Waals surface area contributed by atoms with E-state index < -0.39 is 10.1 Å². The van der Waals surface area contributed by atoms with E-state index >= 15 is 0 Å². The minimum absolute atomic E-state index is 0.00921. The molecule has 4 aromatic heterocycles. The van der Waals surface area contributed by atoms with E-state index in [1.807, 2.05) is 43.0 Å². The van der Waals surface area contributed by atoms with Gasteiger partial charge in [0.1, 0.15) is 45.2 Å². The third kappa shape index (κ3) is 11.2. The average Bonchev–Trinajstić information content (AvgIpc) is 3.96. The first-order chi connectivity index (χ1) is 24.2. The van der Waals surface area contributed by atoms with Crippen LogP contribution in [-0.4, -0.2) is 96.9 Å². The van der Waals surface area contributed by atoms with E-state index in [-0.39, 0.29) is 37.6 Å². The van der Waals surface area contributed by atoms with E-state index in [1.54, 1.807) is 11.3 Å². The van der Waals surface area contributed by atoms with Gasteiger partial charge in [-0.15, -0.1) is 45.3 Å². The number of hydrogen-bond acceptors (Lipinski definition) is 18. The number of rotatable bonds is 7. The molecule has 0 spiro atoms. The van der Waals surface area contributed by atoms with Crippen molar-refractivity contribution < 1.29 is 55.6 Å². The van der Waals surface area contributed by atoms with Crippen LogP contribution < -0.4 is 43.6 Å². The highest BCUT2D eigenvalue weighted by molar-refractivity contribution is 7.86. The lowest BCUT2D eigenvalue weighted by molar-refractivity contribution is 0.0466. The molecule has 0 aliphatic carbocycles. The van der Waals surface area contributed by atoms with Crippen LogP contribution in [0.1, 0.15) is 0 Å². The van der Waals surface area contributed by atoms with E-state index in [9.17, 15) is 8.42 Å². The Morgan fingerprint density at radius 2 is 1.10 bits per heavy atom. The molecular formula is C29H34N4O12S5. The van der Waals surface area contributed by atoms with Gasteiger partial charge in [-0.2, -0.15) is 8.42 Å². The molecule has 4 aromatic rings. The molecule has 50 heavy (non-hydrogen) atoms. The lowest BCUT2D eigenvalue weighted by Crippen LogP contribution is -2.35. The second-order valence-corrected chi connectivity index (χ2v) is 15.0. The number of fused-ring (bicyclic) bond motifs is 4. The highest BCUT2D eigenvalue weighted by Crippen LogP contribution is 2.37. The van der Waals surface area contributed by atoms with E-state index in [0.717, 1.165) is 40.8 Å². The van der Waals surface area contributed by atoms with Crippen molar-refractivity contribution in [1.82, 2.24) is 0 Å². The van der Waals surface area contributed by atoms with Crippen LogP contribution in [0.4, 0.5) is 0 Å². The largest absolute Gasteiger partial charge is 0.485 e. The summed E-state index contributed by atoms with van der Waals surface area (Å²) in [5.74, 6) is 6.09. The Balaban J connectivity index is 0.000000131. The molecule has 8 heterocycles. The molecule has 8 rings (SSSR count). The summed E-state index contributed by atoms with van der Waals surface area (Å²) in [7, 11) is -3.42. The van der Waals surface area contributed by atoms with Gasteiger partial charge in [0.2, 0.25) is 0 Å². The fourth-order valence-corrected chi connectivity index (χ4v) is 7.23. The van der Waals surface area contributed by atoms with Gasteiger partial charge in [0, 0.05) is 54.5 Å². The number of nitrogens with zero attached hydrogens (tertiary/aromatic N) is 3. The maximum atomic E-state index is 10.8. The molecule has 0 bridgehead atoms.